The van der Waals surface area contributed by atoms with Crippen LogP contribution in [0.3, 0.4) is 0 Å². The fraction of sp³-hybridized carbons (Fsp3) is 0.545. The van der Waals surface area contributed by atoms with Gasteiger partial charge in [0.25, 0.3) is 0 Å². The van der Waals surface area contributed by atoms with Crippen LogP contribution in [0.2, 0.25) is 0 Å². The molecule has 0 spiro atoms. The van der Waals surface area contributed by atoms with Crippen molar-refractivity contribution in [1.82, 2.24) is 10.6 Å². The Hall–Kier alpha value is -1.29. The first-order valence-electron chi connectivity index (χ1n) is 5.32. The molecule has 1 heterocycles. The number of furan rings is 1. The van der Waals surface area contributed by atoms with Crippen molar-refractivity contribution in [2.24, 2.45) is 0 Å². The number of aryl methyl sites for hydroxylation is 1. The Labute approximate surface area is 90.0 Å². The van der Waals surface area contributed by atoms with Crippen molar-refractivity contribution in [3.05, 3.63) is 24.2 Å². The van der Waals surface area contributed by atoms with Gasteiger partial charge in [0.05, 0.1) is 6.26 Å². The second-order valence-corrected chi connectivity index (χ2v) is 3.28. The number of carbonyl (C=O) groups excluding carboxylic acids is 1. The molecule has 1 aromatic rings. The van der Waals surface area contributed by atoms with E-state index >= 15 is 0 Å². The molecular weight excluding hydrogens is 192 g/mol. The van der Waals surface area contributed by atoms with Crippen molar-refractivity contribution in [1.29, 1.82) is 0 Å². The van der Waals surface area contributed by atoms with Crippen LogP contribution in [0.5, 0.6) is 0 Å². The number of amides is 1. The average Bonchev–Trinajstić information content (AvgIpc) is 2.74. The summed E-state index contributed by atoms with van der Waals surface area (Å²) in [6, 6.07) is 3.71. The fourth-order valence-electron chi connectivity index (χ4n) is 1.25. The normalized spacial score (nSPS) is 10.2. The van der Waals surface area contributed by atoms with Gasteiger partial charge < -0.3 is 15.1 Å². The smallest absolute Gasteiger partial charge is 0.220 e. The molecule has 1 aromatic heterocycles. The molecule has 0 fully saturated rings. The van der Waals surface area contributed by atoms with Crippen LogP contribution in [-0.4, -0.2) is 25.5 Å². The average molecular weight is 210 g/mol. The van der Waals surface area contributed by atoms with E-state index in [9.17, 15) is 4.79 Å². The van der Waals surface area contributed by atoms with Gasteiger partial charge in [-0.25, -0.2) is 0 Å². The predicted molar refractivity (Wildman–Crippen MR) is 58.6 cm³/mol. The van der Waals surface area contributed by atoms with Crippen molar-refractivity contribution in [2.45, 2.75) is 19.8 Å². The van der Waals surface area contributed by atoms with Gasteiger partial charge in [-0.3, -0.25) is 4.79 Å². The van der Waals surface area contributed by atoms with Crippen LogP contribution in [0.4, 0.5) is 0 Å². The van der Waals surface area contributed by atoms with Crippen LogP contribution in [-0.2, 0) is 11.2 Å². The zero-order chi connectivity index (χ0) is 10.9. The van der Waals surface area contributed by atoms with Gasteiger partial charge in [0, 0.05) is 25.9 Å². The summed E-state index contributed by atoms with van der Waals surface area (Å²) in [6.07, 6.45) is 2.78. The number of hydrogen-bond acceptors (Lipinski definition) is 3. The molecule has 4 nitrogen and oxygen atoms in total. The topological polar surface area (TPSA) is 54.3 Å². The van der Waals surface area contributed by atoms with Gasteiger partial charge in [0.1, 0.15) is 5.76 Å². The lowest BCUT2D eigenvalue weighted by Gasteiger charge is -2.04. The molecule has 0 unspecified atom stereocenters. The van der Waals surface area contributed by atoms with E-state index in [1.165, 1.54) is 0 Å². The molecule has 84 valence electrons. The molecule has 0 saturated carbocycles. The SMILES string of the molecule is CCNCCNC(=O)CCc1ccco1. The van der Waals surface area contributed by atoms with E-state index in [1.807, 2.05) is 19.1 Å². The molecule has 2 N–H and O–H groups in total. The van der Waals surface area contributed by atoms with Gasteiger partial charge >= 0.3 is 0 Å². The molecule has 0 aliphatic rings. The minimum atomic E-state index is 0.0734. The highest BCUT2D eigenvalue weighted by Crippen LogP contribution is 2.02. The molecule has 4 heteroatoms. The van der Waals surface area contributed by atoms with Gasteiger partial charge in [-0.2, -0.15) is 0 Å². The fourth-order valence-corrected chi connectivity index (χ4v) is 1.25. The Bertz CT molecular complexity index is 270. The van der Waals surface area contributed by atoms with Crippen LogP contribution in [0.1, 0.15) is 19.1 Å². The predicted octanol–water partition coefficient (Wildman–Crippen LogP) is 0.938. The summed E-state index contributed by atoms with van der Waals surface area (Å²) in [6.45, 7) is 4.48. The molecule has 0 saturated heterocycles. The van der Waals surface area contributed by atoms with E-state index in [-0.39, 0.29) is 5.91 Å². The Morgan fingerprint density at radius 3 is 3.00 bits per heavy atom. The molecule has 1 amide bonds. The summed E-state index contributed by atoms with van der Waals surface area (Å²) < 4.78 is 5.13. The first kappa shape index (κ1) is 11.8. The lowest BCUT2D eigenvalue weighted by molar-refractivity contribution is -0.121. The van der Waals surface area contributed by atoms with Crippen LogP contribution < -0.4 is 10.6 Å². The number of hydrogen-bond donors (Lipinski definition) is 2. The quantitative estimate of drug-likeness (QED) is 0.658. The first-order valence-corrected chi connectivity index (χ1v) is 5.32. The van der Waals surface area contributed by atoms with Crippen LogP contribution in [0.15, 0.2) is 22.8 Å². The highest BCUT2D eigenvalue weighted by atomic mass is 16.3. The van der Waals surface area contributed by atoms with Crippen molar-refractivity contribution < 1.29 is 9.21 Å². The van der Waals surface area contributed by atoms with Gasteiger partial charge in [-0.1, -0.05) is 6.92 Å². The summed E-state index contributed by atoms with van der Waals surface area (Å²) >= 11 is 0. The third kappa shape index (κ3) is 5.22. The maximum Gasteiger partial charge on any atom is 0.220 e. The summed E-state index contributed by atoms with van der Waals surface area (Å²) in [5.41, 5.74) is 0. The summed E-state index contributed by atoms with van der Waals surface area (Å²) in [7, 11) is 0. The molecule has 0 radical (unpaired) electrons. The lowest BCUT2D eigenvalue weighted by atomic mass is 10.2. The van der Waals surface area contributed by atoms with Gasteiger partial charge in [-0.15, -0.1) is 0 Å². The van der Waals surface area contributed by atoms with E-state index in [0.29, 0.717) is 19.4 Å². The van der Waals surface area contributed by atoms with Gasteiger partial charge in [0.15, 0.2) is 0 Å². The van der Waals surface area contributed by atoms with Gasteiger partial charge in [-0.05, 0) is 18.7 Å². The summed E-state index contributed by atoms with van der Waals surface area (Å²) in [5.74, 6) is 0.932. The molecule has 0 aliphatic heterocycles. The highest BCUT2D eigenvalue weighted by Gasteiger charge is 2.02. The zero-order valence-corrected chi connectivity index (χ0v) is 9.08. The number of carbonyl (C=O) groups is 1. The lowest BCUT2D eigenvalue weighted by Crippen LogP contribution is -2.31. The molecule has 15 heavy (non-hydrogen) atoms. The Morgan fingerprint density at radius 1 is 1.47 bits per heavy atom. The maximum atomic E-state index is 11.3. The molecule has 1 rings (SSSR count). The summed E-state index contributed by atoms with van der Waals surface area (Å²) in [5, 5.41) is 5.98. The van der Waals surface area contributed by atoms with Gasteiger partial charge in [0.2, 0.25) is 5.91 Å². The molecular formula is C11H18N2O2. The highest BCUT2D eigenvalue weighted by molar-refractivity contribution is 5.76. The number of rotatable bonds is 7. The van der Waals surface area contributed by atoms with Crippen molar-refractivity contribution in [3.8, 4) is 0 Å². The first-order chi connectivity index (χ1) is 7.33. The minimum absolute atomic E-state index is 0.0734. The Morgan fingerprint density at radius 2 is 2.33 bits per heavy atom. The Kier molecular flexibility index (Phi) is 5.55. The zero-order valence-electron chi connectivity index (χ0n) is 9.08. The van der Waals surface area contributed by atoms with Crippen molar-refractivity contribution in [3.63, 3.8) is 0 Å². The molecule has 0 bridgehead atoms. The largest absolute Gasteiger partial charge is 0.469 e. The summed E-state index contributed by atoms with van der Waals surface area (Å²) in [4.78, 5) is 11.3. The minimum Gasteiger partial charge on any atom is -0.469 e. The molecule has 0 aliphatic carbocycles. The second-order valence-electron chi connectivity index (χ2n) is 3.28. The van der Waals surface area contributed by atoms with Crippen molar-refractivity contribution >= 4 is 5.91 Å². The molecule has 0 aromatic carbocycles. The van der Waals surface area contributed by atoms with Crippen molar-refractivity contribution in [2.75, 3.05) is 19.6 Å². The second kappa shape index (κ2) is 7.06. The number of nitrogens with one attached hydrogen (secondary N) is 2. The van der Waals surface area contributed by atoms with E-state index in [2.05, 4.69) is 10.6 Å². The van der Waals surface area contributed by atoms with E-state index in [4.69, 9.17) is 4.42 Å². The Balaban J connectivity index is 2.04. The monoisotopic (exact) mass is 210 g/mol. The third-order valence-electron chi connectivity index (χ3n) is 2.05. The maximum absolute atomic E-state index is 11.3. The molecule has 0 atom stereocenters. The van der Waals surface area contributed by atoms with E-state index in [0.717, 1.165) is 18.8 Å². The van der Waals surface area contributed by atoms with E-state index < -0.39 is 0 Å². The number of likely N-dealkylation sites (N-methyl/N-ethyl adjacent to an activating group) is 1. The third-order valence-corrected chi connectivity index (χ3v) is 2.05. The standard InChI is InChI=1S/C11H18N2O2/c1-2-12-7-8-13-11(14)6-5-10-4-3-9-15-10/h3-4,9,12H,2,5-8H2,1H3,(H,13,14). The van der Waals surface area contributed by atoms with E-state index in [1.54, 1.807) is 6.26 Å². The van der Waals surface area contributed by atoms with Crippen LogP contribution in [0.25, 0.3) is 0 Å². The van der Waals surface area contributed by atoms with Crippen LogP contribution in [0, 0.1) is 0 Å². The van der Waals surface area contributed by atoms with Crippen LogP contribution >= 0.6 is 0 Å².